The maximum atomic E-state index is 12.6. The quantitative estimate of drug-likeness (QED) is 0.734. The first-order chi connectivity index (χ1) is 12.7. The summed E-state index contributed by atoms with van der Waals surface area (Å²) in [6.07, 6.45) is 0. The molecule has 0 aliphatic carbocycles. The van der Waals surface area contributed by atoms with Gasteiger partial charge in [0.1, 0.15) is 0 Å². The van der Waals surface area contributed by atoms with Crippen molar-refractivity contribution in [3.05, 3.63) is 34.0 Å². The van der Waals surface area contributed by atoms with E-state index in [0.29, 0.717) is 17.8 Å². The highest BCUT2D eigenvalue weighted by atomic mass is 35.5. The molecule has 1 aliphatic rings. The SMILES string of the molecule is CCN1C(=O)N[C@@H](c2cc(Cl)c(OC(F)F)c(OC)c2)C(C(=O)OC)=C1C. The molecular weight excluding hydrogens is 386 g/mol. The number of rotatable bonds is 6. The van der Waals surface area contributed by atoms with Crippen LogP contribution < -0.4 is 14.8 Å². The van der Waals surface area contributed by atoms with Gasteiger partial charge in [0.15, 0.2) is 11.5 Å². The van der Waals surface area contributed by atoms with Crippen molar-refractivity contribution in [2.45, 2.75) is 26.5 Å². The van der Waals surface area contributed by atoms with E-state index in [0.717, 1.165) is 0 Å². The largest absolute Gasteiger partial charge is 0.493 e. The number of amides is 2. The van der Waals surface area contributed by atoms with Gasteiger partial charge in [0.25, 0.3) is 0 Å². The van der Waals surface area contributed by atoms with Gasteiger partial charge in [0, 0.05) is 12.2 Å². The van der Waals surface area contributed by atoms with E-state index >= 15 is 0 Å². The number of carbonyl (C=O) groups is 2. The number of nitrogens with one attached hydrogen (secondary N) is 1. The fraction of sp³-hybridized carbons (Fsp3) is 0.412. The normalized spacial score (nSPS) is 17.1. The van der Waals surface area contributed by atoms with E-state index in [-0.39, 0.29) is 22.1 Å². The number of urea groups is 1. The molecule has 0 saturated carbocycles. The van der Waals surface area contributed by atoms with Gasteiger partial charge in [-0.3, -0.25) is 4.90 Å². The lowest BCUT2D eigenvalue weighted by molar-refractivity contribution is -0.136. The van der Waals surface area contributed by atoms with Crippen molar-refractivity contribution in [3.63, 3.8) is 0 Å². The molecule has 1 aromatic carbocycles. The van der Waals surface area contributed by atoms with E-state index in [1.54, 1.807) is 13.8 Å². The molecule has 10 heteroatoms. The van der Waals surface area contributed by atoms with Crippen LogP contribution in [0.1, 0.15) is 25.5 Å². The molecule has 0 radical (unpaired) electrons. The predicted octanol–water partition coefficient (Wildman–Crippen LogP) is 3.48. The van der Waals surface area contributed by atoms with Crippen LogP contribution in [-0.4, -0.2) is 44.3 Å². The van der Waals surface area contributed by atoms with Gasteiger partial charge in [-0.25, -0.2) is 9.59 Å². The van der Waals surface area contributed by atoms with Gasteiger partial charge in [-0.15, -0.1) is 0 Å². The standard InChI is InChI=1S/C17H19ClF2N2O5/c1-5-22-8(2)12(15(23)26-4)13(21-17(22)24)9-6-10(18)14(27-16(19)20)11(7-9)25-3/h6-7,13,16H,5H2,1-4H3,(H,21,24)/t13-/m0/s1. The number of halogens is 3. The lowest BCUT2D eigenvalue weighted by Crippen LogP contribution is -2.47. The monoisotopic (exact) mass is 404 g/mol. The van der Waals surface area contributed by atoms with E-state index in [4.69, 9.17) is 21.1 Å². The molecule has 0 spiro atoms. The molecule has 0 bridgehead atoms. The van der Waals surface area contributed by atoms with Gasteiger partial charge in [-0.05, 0) is 31.5 Å². The Morgan fingerprint density at radius 1 is 1.37 bits per heavy atom. The number of methoxy groups -OCH3 is 2. The molecule has 1 heterocycles. The van der Waals surface area contributed by atoms with Crippen molar-refractivity contribution >= 4 is 23.6 Å². The number of hydrogen-bond donors (Lipinski definition) is 1. The number of hydrogen-bond acceptors (Lipinski definition) is 5. The summed E-state index contributed by atoms with van der Waals surface area (Å²) < 4.78 is 39.5. The lowest BCUT2D eigenvalue weighted by Gasteiger charge is -2.34. The van der Waals surface area contributed by atoms with Crippen molar-refractivity contribution in [2.75, 3.05) is 20.8 Å². The molecule has 1 aromatic rings. The topological polar surface area (TPSA) is 77.1 Å². The second-order valence-electron chi connectivity index (χ2n) is 5.53. The van der Waals surface area contributed by atoms with Crippen molar-refractivity contribution in [2.24, 2.45) is 0 Å². The molecule has 1 N–H and O–H groups in total. The maximum absolute atomic E-state index is 12.6. The summed E-state index contributed by atoms with van der Waals surface area (Å²) in [5.41, 5.74) is 0.961. The molecule has 27 heavy (non-hydrogen) atoms. The Labute approximate surface area is 159 Å². The van der Waals surface area contributed by atoms with Crippen molar-refractivity contribution in [1.82, 2.24) is 10.2 Å². The number of ether oxygens (including phenoxy) is 3. The van der Waals surface area contributed by atoms with Crippen molar-refractivity contribution < 1.29 is 32.6 Å². The van der Waals surface area contributed by atoms with Crippen LogP contribution in [0.15, 0.2) is 23.4 Å². The molecule has 7 nitrogen and oxygen atoms in total. The van der Waals surface area contributed by atoms with Gasteiger partial charge in [-0.2, -0.15) is 8.78 Å². The smallest absolute Gasteiger partial charge is 0.387 e. The minimum absolute atomic E-state index is 0.0631. The van der Waals surface area contributed by atoms with E-state index in [9.17, 15) is 18.4 Å². The molecule has 0 unspecified atom stereocenters. The van der Waals surface area contributed by atoms with Crippen LogP contribution in [0, 0.1) is 0 Å². The average molecular weight is 405 g/mol. The second kappa shape index (κ2) is 8.43. The van der Waals surface area contributed by atoms with Crippen LogP contribution in [0.25, 0.3) is 0 Å². The van der Waals surface area contributed by atoms with E-state index < -0.39 is 24.7 Å². The molecule has 1 aliphatic heterocycles. The van der Waals surface area contributed by atoms with Gasteiger partial charge in [0.05, 0.1) is 30.9 Å². The highest BCUT2D eigenvalue weighted by Gasteiger charge is 2.36. The summed E-state index contributed by atoms with van der Waals surface area (Å²) in [5, 5.41) is 2.54. The van der Waals surface area contributed by atoms with E-state index in [1.807, 2.05) is 0 Å². The third-order valence-electron chi connectivity index (χ3n) is 4.11. The van der Waals surface area contributed by atoms with Gasteiger partial charge in [0.2, 0.25) is 0 Å². The summed E-state index contributed by atoms with van der Waals surface area (Å²) in [7, 11) is 2.48. The summed E-state index contributed by atoms with van der Waals surface area (Å²) in [6.45, 7) is 0.627. The third-order valence-corrected chi connectivity index (χ3v) is 4.39. The summed E-state index contributed by atoms with van der Waals surface area (Å²) in [6, 6.07) is 1.37. The summed E-state index contributed by atoms with van der Waals surface area (Å²) >= 11 is 6.07. The number of allylic oxidation sites excluding steroid dienone is 1. The van der Waals surface area contributed by atoms with Crippen LogP contribution in [0.5, 0.6) is 11.5 Å². The molecule has 148 valence electrons. The first-order valence-electron chi connectivity index (χ1n) is 7.94. The van der Waals surface area contributed by atoms with Gasteiger partial charge < -0.3 is 19.5 Å². The Morgan fingerprint density at radius 3 is 2.56 bits per heavy atom. The Balaban J connectivity index is 2.61. The fourth-order valence-electron chi connectivity index (χ4n) is 2.90. The minimum atomic E-state index is -3.09. The second-order valence-corrected chi connectivity index (χ2v) is 5.94. The highest BCUT2D eigenvalue weighted by Crippen LogP contribution is 2.41. The first kappa shape index (κ1) is 20.8. The Hall–Kier alpha value is -2.55. The lowest BCUT2D eigenvalue weighted by atomic mass is 9.94. The molecule has 2 amide bonds. The van der Waals surface area contributed by atoms with Gasteiger partial charge >= 0.3 is 18.6 Å². The van der Waals surface area contributed by atoms with Crippen LogP contribution >= 0.6 is 11.6 Å². The van der Waals surface area contributed by atoms with Gasteiger partial charge in [-0.1, -0.05) is 11.6 Å². The number of nitrogens with zero attached hydrogens (tertiary/aromatic N) is 1. The maximum Gasteiger partial charge on any atom is 0.387 e. The summed E-state index contributed by atoms with van der Waals surface area (Å²) in [5.74, 6) is -1.04. The molecular formula is C17H19ClF2N2O5. The Bertz CT molecular complexity index is 785. The molecule has 1 atom stereocenters. The molecule has 2 rings (SSSR count). The predicted molar refractivity (Wildman–Crippen MR) is 93.0 cm³/mol. The average Bonchev–Trinajstić information content (AvgIpc) is 2.62. The number of esters is 1. The fourth-order valence-corrected chi connectivity index (χ4v) is 3.16. The van der Waals surface area contributed by atoms with Crippen LogP contribution in [0.2, 0.25) is 5.02 Å². The molecule has 0 saturated heterocycles. The third kappa shape index (κ3) is 4.08. The zero-order valence-corrected chi connectivity index (χ0v) is 15.9. The Morgan fingerprint density at radius 2 is 2.04 bits per heavy atom. The van der Waals surface area contributed by atoms with Crippen LogP contribution in [0.3, 0.4) is 0 Å². The number of carbonyl (C=O) groups excluding carboxylic acids is 2. The highest BCUT2D eigenvalue weighted by molar-refractivity contribution is 6.32. The van der Waals surface area contributed by atoms with Crippen LogP contribution in [0.4, 0.5) is 13.6 Å². The first-order valence-corrected chi connectivity index (χ1v) is 8.32. The summed E-state index contributed by atoms with van der Waals surface area (Å²) in [4.78, 5) is 26.1. The van der Waals surface area contributed by atoms with E-state index in [1.165, 1.54) is 31.3 Å². The van der Waals surface area contributed by atoms with Crippen molar-refractivity contribution in [3.8, 4) is 11.5 Å². The number of alkyl halides is 2. The van der Waals surface area contributed by atoms with Crippen LogP contribution in [-0.2, 0) is 9.53 Å². The molecule has 0 fully saturated rings. The Kier molecular flexibility index (Phi) is 6.48. The zero-order chi connectivity index (χ0) is 20.3. The van der Waals surface area contributed by atoms with Crippen molar-refractivity contribution in [1.29, 1.82) is 0 Å². The zero-order valence-electron chi connectivity index (χ0n) is 15.1. The molecule has 0 aromatic heterocycles. The minimum Gasteiger partial charge on any atom is -0.493 e. The number of benzene rings is 1. The van der Waals surface area contributed by atoms with E-state index in [2.05, 4.69) is 10.1 Å².